The molecule has 1 saturated heterocycles. The number of nitrogens with zero attached hydrogens (tertiary/aromatic N) is 2. The zero-order valence-corrected chi connectivity index (χ0v) is 19.1. The molecule has 0 aliphatic carbocycles. The van der Waals surface area contributed by atoms with Gasteiger partial charge in [-0.2, -0.15) is 0 Å². The number of hydrogen-bond acceptors (Lipinski definition) is 4. The van der Waals surface area contributed by atoms with Crippen molar-refractivity contribution in [3.05, 3.63) is 89.5 Å². The van der Waals surface area contributed by atoms with Crippen molar-refractivity contribution < 1.29 is 23.1 Å². The largest absolute Gasteiger partial charge is 0.497 e. The minimum atomic E-state index is -1.24. The Kier molecular flexibility index (Phi) is 5.65. The lowest BCUT2D eigenvalue weighted by Gasteiger charge is -2.33. The maximum atomic E-state index is 13.9. The summed E-state index contributed by atoms with van der Waals surface area (Å²) in [7, 11) is 1.54. The van der Waals surface area contributed by atoms with E-state index in [-0.39, 0.29) is 12.5 Å². The number of thioether (sulfide) groups is 1. The summed E-state index contributed by atoms with van der Waals surface area (Å²) in [4.78, 5) is 29.1. The second-order valence-corrected chi connectivity index (χ2v) is 9.25. The lowest BCUT2D eigenvalue weighted by molar-refractivity contribution is -0.123. The van der Waals surface area contributed by atoms with Crippen LogP contribution < -0.4 is 15.0 Å². The van der Waals surface area contributed by atoms with Crippen LogP contribution in [0.25, 0.3) is 0 Å². The first-order valence-corrected chi connectivity index (χ1v) is 11.6. The predicted molar refractivity (Wildman–Crippen MR) is 127 cm³/mol. The lowest BCUT2D eigenvalue weighted by atomic mass is 10.1. The van der Waals surface area contributed by atoms with Gasteiger partial charge < -0.3 is 15.0 Å². The van der Waals surface area contributed by atoms with Crippen LogP contribution in [0.15, 0.2) is 66.7 Å². The first-order chi connectivity index (χ1) is 16.4. The number of fused-ring (bicyclic) bond motifs is 2. The molecule has 1 atom stereocenters. The van der Waals surface area contributed by atoms with Crippen LogP contribution in [0.5, 0.6) is 5.75 Å². The number of carbonyl (C=O) groups excluding carboxylic acids is 2. The second-order valence-electron chi connectivity index (χ2n) is 7.96. The van der Waals surface area contributed by atoms with Gasteiger partial charge in [-0.3, -0.25) is 9.69 Å². The molecule has 0 bridgehead atoms. The molecule has 5 rings (SSSR count). The van der Waals surface area contributed by atoms with Gasteiger partial charge in [0.1, 0.15) is 5.75 Å². The minimum absolute atomic E-state index is 0.0562. The number of urea groups is 1. The van der Waals surface area contributed by atoms with Gasteiger partial charge in [0.05, 0.1) is 19.3 Å². The molecule has 34 heavy (non-hydrogen) atoms. The highest BCUT2D eigenvalue weighted by atomic mass is 32.2. The van der Waals surface area contributed by atoms with Gasteiger partial charge in [-0.25, -0.2) is 13.6 Å². The molecule has 3 aromatic rings. The third kappa shape index (κ3) is 3.56. The molecule has 0 unspecified atom stereocenters. The van der Waals surface area contributed by atoms with Gasteiger partial charge in [0.25, 0.3) is 5.91 Å². The van der Waals surface area contributed by atoms with E-state index in [4.69, 9.17) is 4.74 Å². The Labute approximate surface area is 199 Å². The van der Waals surface area contributed by atoms with Gasteiger partial charge >= 0.3 is 6.03 Å². The van der Waals surface area contributed by atoms with Gasteiger partial charge in [0, 0.05) is 29.6 Å². The summed E-state index contributed by atoms with van der Waals surface area (Å²) in [6.07, 6.45) is 0. The molecule has 1 fully saturated rings. The highest BCUT2D eigenvalue weighted by Crippen LogP contribution is 2.54. The molecule has 0 radical (unpaired) electrons. The summed E-state index contributed by atoms with van der Waals surface area (Å²) in [6.45, 7) is 0.431. The van der Waals surface area contributed by atoms with Crippen molar-refractivity contribution in [2.75, 3.05) is 29.6 Å². The Morgan fingerprint density at radius 1 is 1.09 bits per heavy atom. The number of amides is 3. The molecule has 9 heteroatoms. The first kappa shape index (κ1) is 22.2. The van der Waals surface area contributed by atoms with Crippen molar-refractivity contribution in [2.45, 2.75) is 11.4 Å². The third-order valence-corrected chi connectivity index (χ3v) is 7.41. The fraction of sp³-hybridized carbons (Fsp3) is 0.200. The number of benzene rings is 3. The van der Waals surface area contributed by atoms with Crippen LogP contribution in [0.2, 0.25) is 0 Å². The summed E-state index contributed by atoms with van der Waals surface area (Å²) in [6, 6.07) is 17.4. The molecule has 0 aromatic heterocycles. The van der Waals surface area contributed by atoms with Gasteiger partial charge in [0.2, 0.25) is 0 Å². The molecule has 174 valence electrons. The number of carbonyl (C=O) groups is 2. The van der Waals surface area contributed by atoms with Crippen LogP contribution >= 0.6 is 11.8 Å². The third-order valence-electron chi connectivity index (χ3n) is 5.99. The van der Waals surface area contributed by atoms with Crippen LogP contribution in [0.3, 0.4) is 0 Å². The van der Waals surface area contributed by atoms with E-state index in [2.05, 4.69) is 5.32 Å². The van der Waals surface area contributed by atoms with Crippen LogP contribution in [0.1, 0.15) is 11.1 Å². The Morgan fingerprint density at radius 2 is 1.91 bits per heavy atom. The van der Waals surface area contributed by atoms with Crippen molar-refractivity contribution >= 4 is 35.1 Å². The number of anilines is 2. The quantitative estimate of drug-likeness (QED) is 0.573. The van der Waals surface area contributed by atoms with Crippen LogP contribution in [0.4, 0.5) is 25.0 Å². The van der Waals surface area contributed by atoms with Crippen molar-refractivity contribution in [1.82, 2.24) is 4.90 Å². The fourth-order valence-electron chi connectivity index (χ4n) is 4.44. The van der Waals surface area contributed by atoms with Crippen LogP contribution in [-0.2, 0) is 16.2 Å². The van der Waals surface area contributed by atoms with Crippen molar-refractivity contribution in [1.29, 1.82) is 0 Å². The van der Waals surface area contributed by atoms with Gasteiger partial charge in [-0.1, -0.05) is 30.3 Å². The normalized spacial score (nSPS) is 19.0. The van der Waals surface area contributed by atoms with E-state index in [9.17, 15) is 18.4 Å². The standard InChI is InChI=1S/C25H21F2N3O3S/c1-33-18-6-4-5-17(14-18)28-24(32)30-11-12-34-25(30)19-7-2-3-8-22(19)29(23(25)31)15-16-9-10-20(26)21(27)13-16/h2-10,13-14H,11-12,15H2,1H3,(H,28,32)/t25-/m0/s1. The number of para-hydroxylation sites is 1. The van der Waals surface area contributed by atoms with E-state index in [0.29, 0.717) is 40.5 Å². The molecule has 1 spiro atoms. The number of hydrogen-bond donors (Lipinski definition) is 1. The second kappa shape index (κ2) is 8.64. The molecule has 3 aromatic carbocycles. The summed E-state index contributed by atoms with van der Waals surface area (Å²) in [5.41, 5.74) is 2.35. The first-order valence-electron chi connectivity index (χ1n) is 10.7. The van der Waals surface area contributed by atoms with Crippen LogP contribution in [0, 0.1) is 11.6 Å². The molecule has 2 aliphatic rings. The van der Waals surface area contributed by atoms with Crippen molar-refractivity contribution in [3.63, 3.8) is 0 Å². The van der Waals surface area contributed by atoms with Crippen molar-refractivity contribution in [3.8, 4) is 5.75 Å². The average Bonchev–Trinajstić information content (AvgIpc) is 3.39. The molecule has 0 saturated carbocycles. The number of nitrogens with one attached hydrogen (secondary N) is 1. The summed E-state index contributed by atoms with van der Waals surface area (Å²) in [5.74, 6) is -1.03. The Morgan fingerprint density at radius 3 is 2.71 bits per heavy atom. The molecule has 1 N–H and O–H groups in total. The maximum absolute atomic E-state index is 13.9. The topological polar surface area (TPSA) is 61.9 Å². The van der Waals surface area contributed by atoms with Gasteiger partial charge in [-0.15, -0.1) is 11.8 Å². The lowest BCUT2D eigenvalue weighted by Crippen LogP contribution is -2.51. The van der Waals surface area contributed by atoms with E-state index >= 15 is 0 Å². The number of ether oxygens (including phenoxy) is 1. The van der Waals surface area contributed by atoms with Gasteiger partial charge in [0.15, 0.2) is 16.5 Å². The van der Waals surface area contributed by atoms with E-state index < -0.39 is 22.5 Å². The van der Waals surface area contributed by atoms with E-state index in [1.807, 2.05) is 18.2 Å². The minimum Gasteiger partial charge on any atom is -0.497 e. The Balaban J connectivity index is 1.49. The van der Waals surface area contributed by atoms with E-state index in [0.717, 1.165) is 12.1 Å². The summed E-state index contributed by atoms with van der Waals surface area (Å²) >= 11 is 1.39. The SMILES string of the molecule is COc1cccc(NC(=O)N2CCS[C@@]23C(=O)N(Cc2ccc(F)c(F)c2)c2ccccc23)c1. The molecular weight excluding hydrogens is 460 g/mol. The van der Waals surface area contributed by atoms with E-state index in [1.165, 1.54) is 22.7 Å². The molecule has 6 nitrogen and oxygen atoms in total. The van der Waals surface area contributed by atoms with Crippen molar-refractivity contribution in [2.24, 2.45) is 0 Å². The van der Waals surface area contributed by atoms with E-state index in [1.54, 1.807) is 42.3 Å². The van der Waals surface area contributed by atoms with Crippen LogP contribution in [-0.4, -0.2) is 36.2 Å². The summed E-state index contributed by atoms with van der Waals surface area (Å²) < 4.78 is 32.5. The molecule has 2 heterocycles. The molecular formula is C25H21F2N3O3S. The zero-order valence-electron chi connectivity index (χ0n) is 18.3. The monoisotopic (exact) mass is 481 g/mol. The number of rotatable bonds is 4. The summed E-state index contributed by atoms with van der Waals surface area (Å²) in [5, 5.41) is 2.87. The predicted octanol–water partition coefficient (Wildman–Crippen LogP) is 4.95. The zero-order chi connectivity index (χ0) is 23.9. The number of halogens is 2. The number of methoxy groups -OCH3 is 1. The highest BCUT2D eigenvalue weighted by Gasteiger charge is 2.59. The highest BCUT2D eigenvalue weighted by molar-refractivity contribution is 8.01. The average molecular weight is 482 g/mol. The smallest absolute Gasteiger partial charge is 0.323 e. The van der Waals surface area contributed by atoms with Gasteiger partial charge in [-0.05, 0) is 35.9 Å². The molecule has 2 aliphatic heterocycles. The molecule has 3 amide bonds. The Hall–Kier alpha value is -3.59. The fourth-order valence-corrected chi connectivity index (χ4v) is 5.90. The maximum Gasteiger partial charge on any atom is 0.323 e. The Bertz CT molecular complexity index is 1290.